The van der Waals surface area contributed by atoms with Crippen LogP contribution in [0.5, 0.6) is 0 Å². The van der Waals surface area contributed by atoms with Gasteiger partial charge in [-0.2, -0.15) is 0 Å². The van der Waals surface area contributed by atoms with Crippen molar-refractivity contribution in [3.05, 3.63) is 17.3 Å². The molecule has 1 amide bonds. The number of aryl methyl sites for hydroxylation is 2. The summed E-state index contributed by atoms with van der Waals surface area (Å²) >= 11 is 0. The van der Waals surface area contributed by atoms with E-state index < -0.39 is 0 Å². The van der Waals surface area contributed by atoms with E-state index in [1.54, 1.807) is 21.0 Å². The first-order valence-electron chi connectivity index (χ1n) is 6.98. The number of oxazole rings is 1. The molecule has 21 heavy (non-hydrogen) atoms. The first kappa shape index (κ1) is 17.9. The van der Waals surface area contributed by atoms with Gasteiger partial charge in [-0.3, -0.25) is 4.79 Å². The molecule has 0 aliphatic carbocycles. The Balaban J connectivity index is 0.00000220. The fourth-order valence-corrected chi connectivity index (χ4v) is 2.73. The maximum atomic E-state index is 12.2. The van der Waals surface area contributed by atoms with Crippen LogP contribution in [0, 0.1) is 19.3 Å². The Bertz CT molecular complexity index is 465. The highest BCUT2D eigenvalue weighted by molar-refractivity contribution is 5.92. The molecule has 120 valence electrons. The Morgan fingerprint density at radius 2 is 2.10 bits per heavy atom. The summed E-state index contributed by atoms with van der Waals surface area (Å²) in [6.45, 7) is 6.69. The van der Waals surface area contributed by atoms with Crippen LogP contribution in [-0.2, 0) is 4.74 Å². The van der Waals surface area contributed by atoms with Crippen molar-refractivity contribution in [2.45, 2.75) is 26.7 Å². The van der Waals surface area contributed by atoms with Crippen molar-refractivity contribution in [1.29, 1.82) is 0 Å². The number of nitrogens with zero attached hydrogens (tertiary/aromatic N) is 1. The zero-order valence-electron chi connectivity index (χ0n) is 12.8. The average Bonchev–Trinajstić information content (AvgIpc) is 2.77. The van der Waals surface area contributed by atoms with Gasteiger partial charge in [-0.1, -0.05) is 0 Å². The van der Waals surface area contributed by atoms with Gasteiger partial charge in [0.25, 0.3) is 5.91 Å². The Labute approximate surface area is 131 Å². The number of hydrogen-bond donors (Lipinski definition) is 2. The van der Waals surface area contributed by atoms with Crippen LogP contribution >= 0.6 is 12.4 Å². The molecule has 2 heterocycles. The number of aromatic nitrogens is 1. The molecule has 0 saturated carbocycles. The van der Waals surface area contributed by atoms with Crippen molar-refractivity contribution in [3.8, 4) is 0 Å². The number of halogens is 1. The van der Waals surface area contributed by atoms with E-state index in [0.29, 0.717) is 30.5 Å². The summed E-state index contributed by atoms with van der Waals surface area (Å²) in [4.78, 5) is 16.3. The summed E-state index contributed by atoms with van der Waals surface area (Å²) in [7, 11) is 1.70. The third kappa shape index (κ3) is 4.43. The number of carbonyl (C=O) groups excluding carboxylic acids is 1. The summed E-state index contributed by atoms with van der Waals surface area (Å²) in [5, 5.41) is 6.30. The molecule has 1 fully saturated rings. The lowest BCUT2D eigenvalue weighted by Gasteiger charge is -2.37. The largest absolute Gasteiger partial charge is 0.436 e. The van der Waals surface area contributed by atoms with Crippen LogP contribution in [0.4, 0.5) is 0 Å². The van der Waals surface area contributed by atoms with Crippen molar-refractivity contribution in [3.63, 3.8) is 0 Å². The Kier molecular flexibility index (Phi) is 6.64. The van der Waals surface area contributed by atoms with Gasteiger partial charge in [0.05, 0.1) is 12.3 Å². The van der Waals surface area contributed by atoms with Crippen LogP contribution < -0.4 is 10.6 Å². The maximum absolute atomic E-state index is 12.2. The summed E-state index contributed by atoms with van der Waals surface area (Å²) < 4.78 is 10.7. The topological polar surface area (TPSA) is 76.4 Å². The zero-order chi connectivity index (χ0) is 14.6. The van der Waals surface area contributed by atoms with Gasteiger partial charge in [0.1, 0.15) is 0 Å². The second-order valence-corrected chi connectivity index (χ2v) is 5.51. The molecule has 1 saturated heterocycles. The molecule has 0 radical (unpaired) electrons. The minimum atomic E-state index is -0.197. The van der Waals surface area contributed by atoms with Gasteiger partial charge in [-0.15, -0.1) is 12.4 Å². The molecular weight excluding hydrogens is 294 g/mol. The minimum Gasteiger partial charge on any atom is -0.436 e. The Hall–Kier alpha value is -1.11. The lowest BCUT2D eigenvalue weighted by Crippen LogP contribution is -2.47. The molecule has 6 nitrogen and oxygen atoms in total. The van der Waals surface area contributed by atoms with Gasteiger partial charge in [-0.05, 0) is 32.9 Å². The summed E-state index contributed by atoms with van der Waals surface area (Å²) in [6, 6.07) is 0. The van der Waals surface area contributed by atoms with Crippen LogP contribution in [0.3, 0.4) is 0 Å². The third-order valence-corrected chi connectivity index (χ3v) is 3.85. The normalized spacial score (nSPS) is 17.1. The van der Waals surface area contributed by atoms with Gasteiger partial charge in [0, 0.05) is 26.0 Å². The third-order valence-electron chi connectivity index (χ3n) is 3.85. The van der Waals surface area contributed by atoms with E-state index >= 15 is 0 Å². The van der Waals surface area contributed by atoms with Crippen molar-refractivity contribution >= 4 is 18.3 Å². The molecule has 2 N–H and O–H groups in total. The molecule has 2 rings (SSSR count). The second kappa shape index (κ2) is 7.77. The fourth-order valence-electron chi connectivity index (χ4n) is 2.73. The first-order valence-corrected chi connectivity index (χ1v) is 6.98. The SMILES string of the molecule is COCC1(CNC(=O)c2oc(C)nc2C)CCNCC1.Cl. The number of amides is 1. The van der Waals surface area contributed by atoms with Crippen LogP contribution in [0.25, 0.3) is 0 Å². The highest BCUT2D eigenvalue weighted by Gasteiger charge is 2.33. The molecule has 1 aliphatic rings. The van der Waals surface area contributed by atoms with Crippen molar-refractivity contribution in [2.24, 2.45) is 5.41 Å². The average molecular weight is 318 g/mol. The number of carbonyl (C=O) groups is 1. The van der Waals surface area contributed by atoms with E-state index in [2.05, 4.69) is 15.6 Å². The van der Waals surface area contributed by atoms with Gasteiger partial charge >= 0.3 is 0 Å². The molecule has 0 spiro atoms. The molecule has 0 atom stereocenters. The van der Waals surface area contributed by atoms with E-state index in [1.165, 1.54) is 0 Å². The Morgan fingerprint density at radius 1 is 1.43 bits per heavy atom. The van der Waals surface area contributed by atoms with E-state index in [4.69, 9.17) is 9.15 Å². The molecule has 1 aliphatic heterocycles. The van der Waals surface area contributed by atoms with Crippen LogP contribution in [-0.4, -0.2) is 44.2 Å². The van der Waals surface area contributed by atoms with Gasteiger partial charge < -0.3 is 19.8 Å². The molecule has 0 aromatic carbocycles. The van der Waals surface area contributed by atoms with E-state index in [9.17, 15) is 4.79 Å². The predicted molar refractivity (Wildman–Crippen MR) is 82.0 cm³/mol. The van der Waals surface area contributed by atoms with Crippen LogP contribution in [0.2, 0.25) is 0 Å². The molecule has 0 bridgehead atoms. The highest BCUT2D eigenvalue weighted by Crippen LogP contribution is 2.28. The quantitative estimate of drug-likeness (QED) is 0.860. The minimum absolute atomic E-state index is 0. The standard InChI is InChI=1S/C14H23N3O3.ClH/c1-10-12(20-11(2)17-10)13(18)16-8-14(9-19-3)4-6-15-7-5-14;/h15H,4-9H2,1-3H3,(H,16,18);1H. The molecular formula is C14H24ClN3O3. The maximum Gasteiger partial charge on any atom is 0.289 e. The smallest absolute Gasteiger partial charge is 0.289 e. The predicted octanol–water partition coefficient (Wildman–Crippen LogP) is 1.46. The molecule has 0 unspecified atom stereocenters. The molecule has 1 aromatic rings. The van der Waals surface area contributed by atoms with Crippen molar-refractivity contribution in [1.82, 2.24) is 15.6 Å². The fraction of sp³-hybridized carbons (Fsp3) is 0.714. The number of hydrogen-bond acceptors (Lipinski definition) is 5. The highest BCUT2D eigenvalue weighted by atomic mass is 35.5. The molecule has 7 heteroatoms. The van der Waals surface area contributed by atoms with Crippen LogP contribution in [0.15, 0.2) is 4.42 Å². The Morgan fingerprint density at radius 3 is 2.62 bits per heavy atom. The number of rotatable bonds is 5. The second-order valence-electron chi connectivity index (χ2n) is 5.51. The molecule has 1 aromatic heterocycles. The summed E-state index contributed by atoms with van der Waals surface area (Å²) in [5.41, 5.74) is 0.643. The van der Waals surface area contributed by atoms with E-state index in [1.807, 2.05) is 0 Å². The van der Waals surface area contributed by atoms with Gasteiger partial charge in [0.2, 0.25) is 5.76 Å². The number of methoxy groups -OCH3 is 1. The number of nitrogens with one attached hydrogen (secondary N) is 2. The number of ether oxygens (including phenoxy) is 1. The monoisotopic (exact) mass is 317 g/mol. The van der Waals surface area contributed by atoms with Crippen molar-refractivity contribution in [2.75, 3.05) is 33.4 Å². The summed E-state index contributed by atoms with van der Waals surface area (Å²) in [6.07, 6.45) is 1.99. The van der Waals surface area contributed by atoms with Gasteiger partial charge in [0.15, 0.2) is 5.89 Å². The number of piperidine rings is 1. The first-order chi connectivity index (χ1) is 9.56. The summed E-state index contributed by atoms with van der Waals surface area (Å²) in [5.74, 6) is 0.627. The lowest BCUT2D eigenvalue weighted by molar-refractivity contribution is 0.0506. The van der Waals surface area contributed by atoms with Gasteiger partial charge in [-0.25, -0.2) is 4.98 Å². The van der Waals surface area contributed by atoms with Crippen molar-refractivity contribution < 1.29 is 13.9 Å². The van der Waals surface area contributed by atoms with E-state index in [-0.39, 0.29) is 23.7 Å². The zero-order valence-corrected chi connectivity index (χ0v) is 13.6. The lowest BCUT2D eigenvalue weighted by atomic mass is 9.79. The van der Waals surface area contributed by atoms with E-state index in [0.717, 1.165) is 25.9 Å². The van der Waals surface area contributed by atoms with Crippen LogP contribution in [0.1, 0.15) is 35.0 Å².